The molecule has 34 heavy (non-hydrogen) atoms. The standard InChI is InChI=1S/C23H30F3N3O4S/c24-18-13-20(26)19(25)11-14(18)12-21(27)15-9-16-1-2-17(10-15)29(16)22(30)23(3-4-23)34(31,32)28-5-7-33-8-6-28/h11,13,15-17,21H,1-10,12,27H2/t15-,16-,17+,21-/m1/s1. The molecule has 0 radical (unpaired) electrons. The van der Waals surface area contributed by atoms with E-state index in [1.807, 2.05) is 0 Å². The monoisotopic (exact) mass is 501 g/mol. The first kappa shape index (κ1) is 24.0. The second-order valence-corrected chi connectivity index (χ2v) is 12.3. The Morgan fingerprint density at radius 1 is 1.06 bits per heavy atom. The Kier molecular flexibility index (Phi) is 6.19. The molecule has 0 aromatic heterocycles. The number of carbonyl (C=O) groups excluding carboxylic acids is 1. The summed E-state index contributed by atoms with van der Waals surface area (Å²) in [6, 6.07) is 0.674. The minimum absolute atomic E-state index is 0.0277. The van der Waals surface area contributed by atoms with Crippen LogP contribution in [0.3, 0.4) is 0 Å². The van der Waals surface area contributed by atoms with Crippen LogP contribution in [-0.4, -0.2) is 72.7 Å². The van der Waals surface area contributed by atoms with Crippen LogP contribution < -0.4 is 5.73 Å². The first-order valence-corrected chi connectivity index (χ1v) is 13.4. The fraction of sp³-hybridized carbons (Fsp3) is 0.696. The van der Waals surface area contributed by atoms with Crippen molar-refractivity contribution < 1.29 is 31.1 Å². The molecule has 0 unspecified atom stereocenters. The van der Waals surface area contributed by atoms with E-state index in [2.05, 4.69) is 0 Å². The first-order valence-electron chi connectivity index (χ1n) is 11.9. The fourth-order valence-corrected chi connectivity index (χ4v) is 8.07. The normalized spacial score (nSPS) is 29.8. The predicted octanol–water partition coefficient (Wildman–Crippen LogP) is 1.94. The molecule has 4 aliphatic rings. The topological polar surface area (TPSA) is 92.9 Å². The summed E-state index contributed by atoms with van der Waals surface area (Å²) in [5, 5.41) is 0. The molecule has 188 valence electrons. The zero-order valence-electron chi connectivity index (χ0n) is 18.9. The number of rotatable bonds is 6. The molecule has 2 N–H and O–H groups in total. The van der Waals surface area contributed by atoms with Crippen LogP contribution in [0.5, 0.6) is 0 Å². The lowest BCUT2D eigenvalue weighted by atomic mass is 9.82. The second kappa shape index (κ2) is 8.76. The summed E-state index contributed by atoms with van der Waals surface area (Å²) in [6.45, 7) is 1.19. The molecule has 1 saturated carbocycles. The summed E-state index contributed by atoms with van der Waals surface area (Å²) in [7, 11) is -3.77. The third-order valence-electron chi connectivity index (χ3n) is 8.05. The zero-order valence-corrected chi connectivity index (χ0v) is 19.7. The largest absolute Gasteiger partial charge is 0.379 e. The molecule has 1 amide bonds. The SMILES string of the molecule is N[C@H](Cc1cc(F)c(F)cc1F)[C@@H]1C[C@H]2CC[C@@H](C1)N2C(=O)C1(S(=O)(=O)N2CCOCC2)CC1. The van der Waals surface area contributed by atoms with E-state index in [-0.39, 0.29) is 49.0 Å². The van der Waals surface area contributed by atoms with Crippen molar-refractivity contribution in [3.63, 3.8) is 0 Å². The minimum atomic E-state index is -3.77. The van der Waals surface area contributed by atoms with Crippen molar-refractivity contribution >= 4 is 15.9 Å². The molecule has 1 aromatic rings. The van der Waals surface area contributed by atoms with E-state index in [4.69, 9.17) is 10.5 Å². The fourth-order valence-electron chi connectivity index (χ4n) is 6.01. The molecule has 3 heterocycles. The van der Waals surface area contributed by atoms with E-state index < -0.39 is 38.3 Å². The predicted molar refractivity (Wildman–Crippen MR) is 118 cm³/mol. The zero-order chi connectivity index (χ0) is 24.3. The Hall–Kier alpha value is -1.69. The molecule has 3 saturated heterocycles. The maximum atomic E-state index is 14.1. The number of ether oxygens (including phenoxy) is 1. The number of fused-ring (bicyclic) bond motifs is 2. The van der Waals surface area contributed by atoms with E-state index in [0.29, 0.717) is 45.0 Å². The van der Waals surface area contributed by atoms with Crippen LogP contribution in [0, 0.1) is 23.4 Å². The number of hydrogen-bond donors (Lipinski definition) is 1. The van der Waals surface area contributed by atoms with E-state index in [9.17, 15) is 26.4 Å². The van der Waals surface area contributed by atoms with Crippen LogP contribution in [0.2, 0.25) is 0 Å². The van der Waals surface area contributed by atoms with E-state index >= 15 is 0 Å². The summed E-state index contributed by atoms with van der Waals surface area (Å²) in [4.78, 5) is 15.4. The Bertz CT molecular complexity index is 1060. The van der Waals surface area contributed by atoms with Crippen molar-refractivity contribution in [2.24, 2.45) is 11.7 Å². The number of hydrogen-bond acceptors (Lipinski definition) is 5. The van der Waals surface area contributed by atoms with Crippen LogP contribution in [0.1, 0.15) is 44.1 Å². The highest BCUT2D eigenvalue weighted by atomic mass is 32.2. The average Bonchev–Trinajstić information content (AvgIpc) is 3.59. The molecule has 3 aliphatic heterocycles. The summed E-state index contributed by atoms with van der Waals surface area (Å²) in [5.41, 5.74) is 6.41. The third-order valence-corrected chi connectivity index (χ3v) is 10.7. The maximum absolute atomic E-state index is 14.1. The molecule has 4 atom stereocenters. The van der Waals surface area contributed by atoms with Gasteiger partial charge in [-0.25, -0.2) is 21.6 Å². The van der Waals surface area contributed by atoms with E-state index in [0.717, 1.165) is 18.9 Å². The van der Waals surface area contributed by atoms with Gasteiger partial charge in [-0.15, -0.1) is 0 Å². The number of nitrogens with two attached hydrogens (primary N) is 1. The van der Waals surface area contributed by atoms with Gasteiger partial charge in [0.05, 0.1) is 13.2 Å². The van der Waals surface area contributed by atoms with Gasteiger partial charge in [0.15, 0.2) is 16.4 Å². The number of nitrogens with zero attached hydrogens (tertiary/aromatic N) is 2. The van der Waals surface area contributed by atoms with Gasteiger partial charge in [0, 0.05) is 37.3 Å². The Morgan fingerprint density at radius 3 is 2.24 bits per heavy atom. The van der Waals surface area contributed by atoms with Gasteiger partial charge in [-0.2, -0.15) is 4.31 Å². The minimum Gasteiger partial charge on any atom is -0.379 e. The average molecular weight is 502 g/mol. The number of sulfonamides is 1. The lowest BCUT2D eigenvalue weighted by Gasteiger charge is -2.43. The third kappa shape index (κ3) is 3.94. The highest BCUT2D eigenvalue weighted by Gasteiger charge is 2.66. The second-order valence-electron chi connectivity index (χ2n) is 10.1. The number of piperidine rings is 1. The molecule has 4 fully saturated rings. The molecular weight excluding hydrogens is 471 g/mol. The number of amides is 1. The number of morpholine rings is 1. The van der Waals surface area contributed by atoms with E-state index in [1.54, 1.807) is 4.90 Å². The van der Waals surface area contributed by atoms with Crippen molar-refractivity contribution in [3.8, 4) is 0 Å². The number of benzene rings is 1. The van der Waals surface area contributed by atoms with Gasteiger partial charge in [-0.3, -0.25) is 4.79 Å². The Labute approximate surface area is 197 Å². The van der Waals surface area contributed by atoms with Crippen molar-refractivity contribution in [2.75, 3.05) is 26.3 Å². The smallest absolute Gasteiger partial charge is 0.245 e. The van der Waals surface area contributed by atoms with Gasteiger partial charge in [-0.1, -0.05) is 0 Å². The quantitative estimate of drug-likeness (QED) is 0.602. The lowest BCUT2D eigenvalue weighted by Crippen LogP contribution is -2.58. The van der Waals surface area contributed by atoms with Crippen molar-refractivity contribution in [1.82, 2.24) is 9.21 Å². The van der Waals surface area contributed by atoms with Crippen LogP contribution >= 0.6 is 0 Å². The molecule has 7 nitrogen and oxygen atoms in total. The molecule has 1 aromatic carbocycles. The van der Waals surface area contributed by atoms with Crippen molar-refractivity contribution in [3.05, 3.63) is 35.1 Å². The van der Waals surface area contributed by atoms with Crippen LogP contribution in [0.25, 0.3) is 0 Å². The van der Waals surface area contributed by atoms with Gasteiger partial charge >= 0.3 is 0 Å². The molecule has 5 rings (SSSR count). The molecule has 0 spiro atoms. The Balaban J connectivity index is 1.28. The van der Waals surface area contributed by atoms with Crippen LogP contribution in [-0.2, 0) is 26.0 Å². The van der Waals surface area contributed by atoms with Crippen LogP contribution in [0.4, 0.5) is 13.2 Å². The molecular formula is C23H30F3N3O4S. The molecule has 1 aliphatic carbocycles. The van der Waals surface area contributed by atoms with Crippen molar-refractivity contribution in [1.29, 1.82) is 0 Å². The molecule has 11 heteroatoms. The first-order chi connectivity index (χ1) is 16.1. The van der Waals surface area contributed by atoms with Gasteiger partial charge in [0.25, 0.3) is 0 Å². The van der Waals surface area contributed by atoms with Gasteiger partial charge in [0.1, 0.15) is 5.82 Å². The summed E-state index contributed by atoms with van der Waals surface area (Å²) >= 11 is 0. The van der Waals surface area contributed by atoms with Gasteiger partial charge in [-0.05, 0) is 62.5 Å². The highest BCUT2D eigenvalue weighted by molar-refractivity contribution is 7.91. The highest BCUT2D eigenvalue weighted by Crippen LogP contribution is 2.50. The summed E-state index contributed by atoms with van der Waals surface area (Å²) in [6.07, 6.45) is 3.44. The van der Waals surface area contributed by atoms with E-state index in [1.165, 1.54) is 4.31 Å². The Morgan fingerprint density at radius 2 is 1.65 bits per heavy atom. The van der Waals surface area contributed by atoms with Gasteiger partial charge < -0.3 is 15.4 Å². The van der Waals surface area contributed by atoms with Crippen molar-refractivity contribution in [2.45, 2.75) is 67.8 Å². The molecule has 2 bridgehead atoms. The number of carbonyl (C=O) groups is 1. The maximum Gasteiger partial charge on any atom is 0.245 e. The summed E-state index contributed by atoms with van der Waals surface area (Å²) in [5.74, 6) is -3.50. The number of halogens is 3. The lowest BCUT2D eigenvalue weighted by molar-refractivity contribution is -0.137. The van der Waals surface area contributed by atoms with Crippen LogP contribution in [0.15, 0.2) is 12.1 Å². The summed E-state index contributed by atoms with van der Waals surface area (Å²) < 4.78 is 73.0. The van der Waals surface area contributed by atoms with Gasteiger partial charge in [0.2, 0.25) is 15.9 Å².